The van der Waals surface area contributed by atoms with Gasteiger partial charge in [-0.1, -0.05) is 48.5 Å². The van der Waals surface area contributed by atoms with E-state index in [0.717, 1.165) is 42.1 Å². The zero-order valence-corrected chi connectivity index (χ0v) is 18.4. The minimum Gasteiger partial charge on any atom is -0.497 e. The smallest absolute Gasteiger partial charge is 0.224 e. The van der Waals surface area contributed by atoms with E-state index in [2.05, 4.69) is 17.0 Å². The van der Waals surface area contributed by atoms with Crippen LogP contribution in [-0.2, 0) is 17.8 Å². The minimum absolute atomic E-state index is 0.254. The number of amides is 1. The van der Waals surface area contributed by atoms with Crippen molar-refractivity contribution in [2.45, 2.75) is 25.8 Å². The summed E-state index contributed by atoms with van der Waals surface area (Å²) in [7, 11) is 1.66. The van der Waals surface area contributed by atoms with E-state index in [1.165, 1.54) is 17.7 Å². The molecule has 1 fully saturated rings. The number of hydrogen-bond acceptors (Lipinski definition) is 3. The Morgan fingerprint density at radius 2 is 1.75 bits per heavy atom. The number of primary amides is 1. The van der Waals surface area contributed by atoms with Gasteiger partial charge in [0.05, 0.1) is 12.5 Å². The lowest BCUT2D eigenvalue weighted by Gasteiger charge is -2.40. The van der Waals surface area contributed by atoms with Gasteiger partial charge < -0.3 is 10.5 Å². The van der Waals surface area contributed by atoms with E-state index < -0.39 is 5.41 Å². The standard InChI is InChI=1S/C27H29FN2O2/c1-32-24-11-9-20(10-12-24)19-30-15-13-27(14-16-30,26(29)31)18-22-5-2-3-8-25(22)21-6-4-7-23(28)17-21/h2-12,17H,13-16,18-19H2,1H3,(H2,29,31). The van der Waals surface area contributed by atoms with Gasteiger partial charge in [0.1, 0.15) is 11.6 Å². The largest absolute Gasteiger partial charge is 0.497 e. The van der Waals surface area contributed by atoms with E-state index in [1.807, 2.05) is 42.5 Å². The predicted octanol–water partition coefficient (Wildman–Crippen LogP) is 4.81. The first-order valence-corrected chi connectivity index (χ1v) is 11.0. The molecule has 1 aliphatic rings. The fraction of sp³-hybridized carbons (Fsp3) is 0.296. The number of carbonyl (C=O) groups excluding carboxylic acids is 1. The second-order valence-electron chi connectivity index (χ2n) is 8.61. The second kappa shape index (κ2) is 9.53. The van der Waals surface area contributed by atoms with Gasteiger partial charge in [0.25, 0.3) is 0 Å². The number of rotatable bonds is 7. The molecule has 0 spiro atoms. The fourth-order valence-corrected chi connectivity index (χ4v) is 4.62. The molecule has 3 aromatic carbocycles. The van der Waals surface area contributed by atoms with Gasteiger partial charge in [-0.05, 0) is 78.9 Å². The number of nitrogens with zero attached hydrogens (tertiary/aromatic N) is 1. The van der Waals surface area contributed by atoms with Crippen molar-refractivity contribution in [2.75, 3.05) is 20.2 Å². The van der Waals surface area contributed by atoms with Crippen LogP contribution in [0.15, 0.2) is 72.8 Å². The van der Waals surface area contributed by atoms with Crippen LogP contribution in [0.3, 0.4) is 0 Å². The molecule has 0 aliphatic carbocycles. The van der Waals surface area contributed by atoms with Crippen molar-refractivity contribution in [3.8, 4) is 16.9 Å². The van der Waals surface area contributed by atoms with E-state index in [9.17, 15) is 9.18 Å². The molecule has 2 N–H and O–H groups in total. The number of methoxy groups -OCH3 is 1. The van der Waals surface area contributed by atoms with Crippen LogP contribution in [0.4, 0.5) is 4.39 Å². The van der Waals surface area contributed by atoms with Crippen molar-refractivity contribution in [3.63, 3.8) is 0 Å². The Morgan fingerprint density at radius 3 is 2.41 bits per heavy atom. The molecule has 4 nitrogen and oxygen atoms in total. The Morgan fingerprint density at radius 1 is 1.03 bits per heavy atom. The molecule has 1 heterocycles. The summed E-state index contributed by atoms with van der Waals surface area (Å²) < 4.78 is 19.1. The summed E-state index contributed by atoms with van der Waals surface area (Å²) in [6, 6.07) is 22.6. The van der Waals surface area contributed by atoms with Gasteiger partial charge in [-0.25, -0.2) is 4.39 Å². The lowest BCUT2D eigenvalue weighted by Crippen LogP contribution is -2.48. The van der Waals surface area contributed by atoms with Gasteiger partial charge in [-0.3, -0.25) is 9.69 Å². The quantitative estimate of drug-likeness (QED) is 0.583. The highest BCUT2D eigenvalue weighted by atomic mass is 19.1. The van der Waals surface area contributed by atoms with Crippen LogP contribution >= 0.6 is 0 Å². The molecule has 0 aromatic heterocycles. The van der Waals surface area contributed by atoms with Crippen molar-refractivity contribution in [3.05, 3.63) is 89.7 Å². The molecule has 3 aromatic rings. The lowest BCUT2D eigenvalue weighted by atomic mass is 9.72. The molecule has 0 radical (unpaired) electrons. The molecule has 1 saturated heterocycles. The van der Waals surface area contributed by atoms with Crippen molar-refractivity contribution in [2.24, 2.45) is 11.1 Å². The third-order valence-corrected chi connectivity index (χ3v) is 6.58. The number of ether oxygens (including phenoxy) is 1. The number of halogens is 1. The Labute approximate surface area is 188 Å². The number of benzene rings is 3. The van der Waals surface area contributed by atoms with E-state index in [0.29, 0.717) is 19.3 Å². The molecule has 166 valence electrons. The van der Waals surface area contributed by atoms with Crippen LogP contribution in [0, 0.1) is 11.2 Å². The Kier molecular flexibility index (Phi) is 6.56. The molecule has 0 bridgehead atoms. The first kappa shape index (κ1) is 22.0. The zero-order chi connectivity index (χ0) is 22.6. The van der Waals surface area contributed by atoms with E-state index in [4.69, 9.17) is 10.5 Å². The van der Waals surface area contributed by atoms with Crippen LogP contribution in [-0.4, -0.2) is 31.0 Å². The fourth-order valence-electron chi connectivity index (χ4n) is 4.62. The molecule has 4 rings (SSSR count). The molecular weight excluding hydrogens is 403 g/mol. The lowest BCUT2D eigenvalue weighted by molar-refractivity contribution is -0.130. The third kappa shape index (κ3) is 4.83. The molecule has 5 heteroatoms. The maximum Gasteiger partial charge on any atom is 0.224 e. The molecule has 0 saturated carbocycles. The summed E-state index contributed by atoms with van der Waals surface area (Å²) in [4.78, 5) is 15.0. The maximum absolute atomic E-state index is 13.8. The molecular formula is C27H29FN2O2. The van der Waals surface area contributed by atoms with Crippen molar-refractivity contribution in [1.82, 2.24) is 4.90 Å². The van der Waals surface area contributed by atoms with Crippen LogP contribution < -0.4 is 10.5 Å². The first-order chi connectivity index (χ1) is 15.5. The number of piperidine rings is 1. The average molecular weight is 433 g/mol. The second-order valence-corrected chi connectivity index (χ2v) is 8.61. The van der Waals surface area contributed by atoms with Crippen LogP contribution in [0.5, 0.6) is 5.75 Å². The number of nitrogens with two attached hydrogens (primary N) is 1. The summed E-state index contributed by atoms with van der Waals surface area (Å²) in [5, 5.41) is 0. The topological polar surface area (TPSA) is 55.6 Å². The van der Waals surface area contributed by atoms with Gasteiger partial charge in [-0.15, -0.1) is 0 Å². The van der Waals surface area contributed by atoms with Gasteiger partial charge in [0.15, 0.2) is 0 Å². The molecule has 0 atom stereocenters. The van der Waals surface area contributed by atoms with Crippen LogP contribution in [0.1, 0.15) is 24.0 Å². The molecule has 0 unspecified atom stereocenters. The van der Waals surface area contributed by atoms with Crippen molar-refractivity contribution in [1.29, 1.82) is 0 Å². The van der Waals surface area contributed by atoms with Gasteiger partial charge in [0, 0.05) is 6.54 Å². The minimum atomic E-state index is -0.597. The van der Waals surface area contributed by atoms with Crippen molar-refractivity contribution >= 4 is 5.91 Å². The maximum atomic E-state index is 13.8. The first-order valence-electron chi connectivity index (χ1n) is 11.0. The Balaban J connectivity index is 1.50. The zero-order valence-electron chi connectivity index (χ0n) is 18.4. The normalized spacial score (nSPS) is 15.9. The van der Waals surface area contributed by atoms with Gasteiger partial charge >= 0.3 is 0 Å². The van der Waals surface area contributed by atoms with Crippen molar-refractivity contribution < 1.29 is 13.9 Å². The molecule has 1 amide bonds. The number of likely N-dealkylation sites (tertiary alicyclic amines) is 1. The van der Waals surface area contributed by atoms with Crippen LogP contribution in [0.25, 0.3) is 11.1 Å². The Hall–Kier alpha value is -3.18. The van der Waals surface area contributed by atoms with E-state index in [1.54, 1.807) is 13.2 Å². The SMILES string of the molecule is COc1ccc(CN2CCC(Cc3ccccc3-c3cccc(F)c3)(C(N)=O)CC2)cc1. The highest BCUT2D eigenvalue weighted by Crippen LogP contribution is 2.38. The molecule has 1 aliphatic heterocycles. The monoisotopic (exact) mass is 432 g/mol. The average Bonchev–Trinajstić information content (AvgIpc) is 2.81. The van der Waals surface area contributed by atoms with Crippen LogP contribution in [0.2, 0.25) is 0 Å². The predicted molar refractivity (Wildman–Crippen MR) is 125 cm³/mol. The van der Waals surface area contributed by atoms with Gasteiger partial charge in [-0.2, -0.15) is 0 Å². The summed E-state index contributed by atoms with van der Waals surface area (Å²) in [5.74, 6) is 0.321. The summed E-state index contributed by atoms with van der Waals surface area (Å²) in [6.45, 7) is 2.44. The third-order valence-electron chi connectivity index (χ3n) is 6.58. The van der Waals surface area contributed by atoms with E-state index >= 15 is 0 Å². The highest BCUT2D eigenvalue weighted by molar-refractivity contribution is 5.82. The number of carbonyl (C=O) groups is 1. The Bertz CT molecular complexity index is 1070. The summed E-state index contributed by atoms with van der Waals surface area (Å²) in [5.41, 5.74) is 9.38. The van der Waals surface area contributed by atoms with E-state index in [-0.39, 0.29) is 11.7 Å². The highest BCUT2D eigenvalue weighted by Gasteiger charge is 2.40. The summed E-state index contributed by atoms with van der Waals surface area (Å²) >= 11 is 0. The molecule has 32 heavy (non-hydrogen) atoms. The van der Waals surface area contributed by atoms with Gasteiger partial charge in [0.2, 0.25) is 5.91 Å². The summed E-state index contributed by atoms with van der Waals surface area (Å²) in [6.07, 6.45) is 1.97. The number of hydrogen-bond donors (Lipinski definition) is 1.